The van der Waals surface area contributed by atoms with E-state index in [4.69, 9.17) is 4.74 Å². The zero-order chi connectivity index (χ0) is 13.9. The molecule has 4 heteroatoms. The molecule has 0 aliphatic carbocycles. The number of esters is 1. The summed E-state index contributed by atoms with van der Waals surface area (Å²) >= 11 is 2.19. The van der Waals surface area contributed by atoms with E-state index in [0.717, 1.165) is 14.7 Å². The minimum absolute atomic E-state index is 0.304. The fraction of sp³-hybridized carbons (Fsp3) is 0.357. The maximum atomic E-state index is 11.7. The first-order chi connectivity index (χ1) is 8.24. The van der Waals surface area contributed by atoms with Crippen molar-refractivity contribution in [3.05, 3.63) is 32.4 Å². The Morgan fingerprint density at radius 2 is 1.94 bits per heavy atom. The zero-order valence-electron chi connectivity index (χ0n) is 11.3. The number of carbonyl (C=O) groups is 1. The highest BCUT2D eigenvalue weighted by Gasteiger charge is 2.13. The lowest BCUT2D eigenvalue weighted by Gasteiger charge is -2.08. The summed E-state index contributed by atoms with van der Waals surface area (Å²) in [5.74, 6) is 2.91. The van der Waals surface area contributed by atoms with Gasteiger partial charge in [-0.2, -0.15) is 0 Å². The Morgan fingerprint density at radius 3 is 2.44 bits per heavy atom. The van der Waals surface area contributed by atoms with Gasteiger partial charge < -0.3 is 4.74 Å². The lowest BCUT2D eigenvalue weighted by molar-refractivity contribution is 0.0600. The SMILES string of the molecule is COC(=O)c1cc(I)cc(C#C[Si](C)(C)C)c1C. The molecule has 0 saturated carbocycles. The molecule has 0 fully saturated rings. The zero-order valence-corrected chi connectivity index (χ0v) is 14.5. The Kier molecular flexibility index (Phi) is 4.99. The summed E-state index contributed by atoms with van der Waals surface area (Å²) in [7, 11) is -0.0151. The summed E-state index contributed by atoms with van der Waals surface area (Å²) in [5.41, 5.74) is 5.74. The maximum Gasteiger partial charge on any atom is 0.338 e. The van der Waals surface area contributed by atoms with Gasteiger partial charge >= 0.3 is 5.97 Å². The lowest BCUT2D eigenvalue weighted by atomic mass is 10.0. The van der Waals surface area contributed by atoms with Crippen LogP contribution in [0.5, 0.6) is 0 Å². The molecule has 0 unspecified atom stereocenters. The number of halogens is 1. The van der Waals surface area contributed by atoms with Gasteiger partial charge in [-0.15, -0.1) is 5.54 Å². The fourth-order valence-electron chi connectivity index (χ4n) is 1.39. The Morgan fingerprint density at radius 1 is 1.33 bits per heavy atom. The summed E-state index contributed by atoms with van der Waals surface area (Å²) in [6, 6.07) is 3.84. The Labute approximate surface area is 123 Å². The third kappa shape index (κ3) is 4.14. The minimum atomic E-state index is -1.41. The quantitative estimate of drug-likeness (QED) is 0.326. The summed E-state index contributed by atoms with van der Waals surface area (Å²) < 4.78 is 5.79. The van der Waals surface area contributed by atoms with Crippen molar-refractivity contribution in [3.8, 4) is 11.5 Å². The Hall–Kier alpha value is -0.803. The fourth-order valence-corrected chi connectivity index (χ4v) is 2.52. The van der Waals surface area contributed by atoms with Gasteiger partial charge in [0, 0.05) is 9.13 Å². The van der Waals surface area contributed by atoms with Crippen LogP contribution in [0.2, 0.25) is 19.6 Å². The first kappa shape index (κ1) is 15.3. The molecule has 0 aliphatic rings. The summed E-state index contributed by atoms with van der Waals surface area (Å²) in [6.07, 6.45) is 0. The molecule has 0 radical (unpaired) electrons. The number of ether oxygens (including phenoxy) is 1. The largest absolute Gasteiger partial charge is 0.465 e. The molecule has 96 valence electrons. The topological polar surface area (TPSA) is 26.3 Å². The van der Waals surface area contributed by atoms with Gasteiger partial charge in [0.15, 0.2) is 0 Å². The van der Waals surface area contributed by atoms with Crippen molar-refractivity contribution in [2.75, 3.05) is 7.11 Å². The van der Waals surface area contributed by atoms with Gasteiger partial charge in [-0.05, 0) is 47.2 Å². The molecule has 0 amide bonds. The highest BCUT2D eigenvalue weighted by atomic mass is 127. The molecule has 1 aromatic carbocycles. The maximum absolute atomic E-state index is 11.7. The minimum Gasteiger partial charge on any atom is -0.465 e. The normalized spacial score (nSPS) is 10.6. The summed E-state index contributed by atoms with van der Waals surface area (Å²) in [4.78, 5) is 11.7. The van der Waals surface area contributed by atoms with Crippen molar-refractivity contribution in [2.24, 2.45) is 0 Å². The third-order valence-corrected chi connectivity index (χ3v) is 3.85. The molecule has 0 saturated heterocycles. The van der Waals surface area contributed by atoms with Crippen molar-refractivity contribution in [1.29, 1.82) is 0 Å². The number of carbonyl (C=O) groups excluding carboxylic acids is 1. The molecular formula is C14H17IO2Si. The van der Waals surface area contributed by atoms with E-state index in [1.54, 1.807) is 0 Å². The van der Waals surface area contributed by atoms with E-state index in [1.807, 2.05) is 19.1 Å². The van der Waals surface area contributed by atoms with Crippen LogP contribution in [-0.2, 0) is 4.74 Å². The smallest absolute Gasteiger partial charge is 0.338 e. The van der Waals surface area contributed by atoms with Gasteiger partial charge in [0.1, 0.15) is 8.07 Å². The highest BCUT2D eigenvalue weighted by molar-refractivity contribution is 14.1. The molecule has 0 aromatic heterocycles. The van der Waals surface area contributed by atoms with Crippen LogP contribution in [0.1, 0.15) is 21.5 Å². The van der Waals surface area contributed by atoms with Gasteiger partial charge in [-0.1, -0.05) is 25.6 Å². The van der Waals surface area contributed by atoms with Crippen molar-refractivity contribution < 1.29 is 9.53 Å². The molecule has 2 nitrogen and oxygen atoms in total. The van der Waals surface area contributed by atoms with Gasteiger partial charge in [0.05, 0.1) is 12.7 Å². The van der Waals surface area contributed by atoms with Crippen molar-refractivity contribution >= 4 is 36.6 Å². The molecule has 1 rings (SSSR count). The first-order valence-electron chi connectivity index (χ1n) is 5.66. The van der Waals surface area contributed by atoms with Crippen LogP contribution < -0.4 is 0 Å². The second-order valence-corrected chi connectivity index (χ2v) is 11.1. The van der Waals surface area contributed by atoms with Crippen LogP contribution in [0, 0.1) is 22.0 Å². The van der Waals surface area contributed by atoms with Crippen molar-refractivity contribution in [2.45, 2.75) is 26.6 Å². The van der Waals surface area contributed by atoms with E-state index < -0.39 is 8.07 Å². The number of benzene rings is 1. The number of hydrogen-bond acceptors (Lipinski definition) is 2. The van der Waals surface area contributed by atoms with Crippen LogP contribution in [0.15, 0.2) is 12.1 Å². The molecule has 1 aromatic rings. The van der Waals surface area contributed by atoms with E-state index in [0.29, 0.717) is 5.56 Å². The van der Waals surface area contributed by atoms with Gasteiger partial charge in [-0.3, -0.25) is 0 Å². The summed E-state index contributed by atoms with van der Waals surface area (Å²) in [5, 5.41) is 0. The van der Waals surface area contributed by atoms with E-state index in [-0.39, 0.29) is 5.97 Å². The first-order valence-corrected chi connectivity index (χ1v) is 10.2. The molecule has 0 aliphatic heterocycles. The second kappa shape index (κ2) is 5.89. The molecule has 0 heterocycles. The van der Waals surface area contributed by atoms with E-state index in [2.05, 4.69) is 53.7 Å². The van der Waals surface area contributed by atoms with Crippen LogP contribution >= 0.6 is 22.6 Å². The Bertz CT molecular complexity index is 533. The van der Waals surface area contributed by atoms with Crippen molar-refractivity contribution in [1.82, 2.24) is 0 Å². The molecule has 0 spiro atoms. The average molecular weight is 372 g/mol. The summed E-state index contributed by atoms with van der Waals surface area (Å²) in [6.45, 7) is 8.51. The standard InChI is InChI=1S/C14H17IO2Si/c1-10-11(6-7-18(3,4)5)8-12(15)9-13(10)14(16)17-2/h8-9H,1-5H3. The van der Waals surface area contributed by atoms with Gasteiger partial charge in [0.25, 0.3) is 0 Å². The molecule has 0 bridgehead atoms. The monoisotopic (exact) mass is 372 g/mol. The second-order valence-electron chi connectivity index (χ2n) is 5.12. The van der Waals surface area contributed by atoms with Crippen molar-refractivity contribution in [3.63, 3.8) is 0 Å². The van der Waals surface area contributed by atoms with Crippen LogP contribution in [-0.4, -0.2) is 21.2 Å². The van der Waals surface area contributed by atoms with E-state index in [1.165, 1.54) is 7.11 Å². The average Bonchev–Trinajstić information content (AvgIpc) is 2.27. The van der Waals surface area contributed by atoms with Crippen LogP contribution in [0.3, 0.4) is 0 Å². The van der Waals surface area contributed by atoms with E-state index >= 15 is 0 Å². The van der Waals surface area contributed by atoms with Crippen LogP contribution in [0.4, 0.5) is 0 Å². The van der Waals surface area contributed by atoms with E-state index in [9.17, 15) is 4.79 Å². The molecule has 18 heavy (non-hydrogen) atoms. The predicted octanol–water partition coefficient (Wildman–Crippen LogP) is 3.62. The predicted molar refractivity (Wildman–Crippen MR) is 85.5 cm³/mol. The highest BCUT2D eigenvalue weighted by Crippen LogP contribution is 2.19. The molecular weight excluding hydrogens is 355 g/mol. The van der Waals surface area contributed by atoms with Gasteiger partial charge in [0.2, 0.25) is 0 Å². The lowest BCUT2D eigenvalue weighted by Crippen LogP contribution is -2.16. The Balaban J connectivity index is 3.33. The van der Waals surface area contributed by atoms with Crippen LogP contribution in [0.25, 0.3) is 0 Å². The molecule has 0 atom stereocenters. The van der Waals surface area contributed by atoms with Gasteiger partial charge in [-0.25, -0.2) is 4.79 Å². The number of hydrogen-bond donors (Lipinski definition) is 0. The number of rotatable bonds is 1. The third-order valence-electron chi connectivity index (χ3n) is 2.35. The molecule has 0 N–H and O–H groups in total. The number of methoxy groups -OCH3 is 1.